The molecule has 1 fully saturated rings. The van der Waals surface area contributed by atoms with E-state index in [1.165, 1.54) is 12.1 Å². The highest BCUT2D eigenvalue weighted by atomic mass is 16.6. The van der Waals surface area contributed by atoms with E-state index in [2.05, 4.69) is 5.32 Å². The molecule has 106 valence electrons. The molecule has 1 saturated carbocycles. The van der Waals surface area contributed by atoms with Crippen LogP contribution in [0.1, 0.15) is 23.2 Å². The summed E-state index contributed by atoms with van der Waals surface area (Å²) in [6.07, 6.45) is 1.87. The summed E-state index contributed by atoms with van der Waals surface area (Å²) in [6.45, 7) is -0.409. The van der Waals surface area contributed by atoms with Gasteiger partial charge in [-0.1, -0.05) is 0 Å². The van der Waals surface area contributed by atoms with Gasteiger partial charge in [0.2, 0.25) is 0 Å². The number of ether oxygens (including phenoxy) is 1. The van der Waals surface area contributed by atoms with E-state index in [-0.39, 0.29) is 28.9 Å². The Hall–Kier alpha value is -2.64. The smallest absolute Gasteiger partial charge is 0.338 e. The highest BCUT2D eigenvalue weighted by molar-refractivity contribution is 5.92. The standard InChI is InChI=1S/C12H13N3O5/c13-9-4-1-7(5-10(9)15(18)19)12(17)20-6-11(16)14-8-2-3-8/h1,4-5,8H,2-3,6,13H2,(H,14,16). The lowest BCUT2D eigenvalue weighted by Gasteiger charge is -2.06. The van der Waals surface area contributed by atoms with Gasteiger partial charge in [-0.3, -0.25) is 14.9 Å². The number of nitrogens with two attached hydrogens (primary N) is 1. The van der Waals surface area contributed by atoms with Gasteiger partial charge in [0.1, 0.15) is 5.69 Å². The molecule has 1 aromatic rings. The van der Waals surface area contributed by atoms with Crippen LogP contribution in [0, 0.1) is 10.1 Å². The van der Waals surface area contributed by atoms with Crippen LogP contribution in [0.25, 0.3) is 0 Å². The van der Waals surface area contributed by atoms with E-state index in [9.17, 15) is 19.7 Å². The van der Waals surface area contributed by atoms with Crippen LogP contribution in [-0.2, 0) is 9.53 Å². The van der Waals surface area contributed by atoms with E-state index in [4.69, 9.17) is 10.5 Å². The van der Waals surface area contributed by atoms with Crippen molar-refractivity contribution in [2.45, 2.75) is 18.9 Å². The van der Waals surface area contributed by atoms with Gasteiger partial charge in [0.05, 0.1) is 10.5 Å². The van der Waals surface area contributed by atoms with Crippen molar-refractivity contribution in [2.24, 2.45) is 0 Å². The summed E-state index contributed by atoms with van der Waals surface area (Å²) < 4.78 is 4.78. The first-order chi connectivity index (χ1) is 9.47. The first-order valence-corrected chi connectivity index (χ1v) is 5.98. The Morgan fingerprint density at radius 3 is 2.75 bits per heavy atom. The molecule has 1 amide bonds. The third kappa shape index (κ3) is 3.44. The zero-order chi connectivity index (χ0) is 14.7. The zero-order valence-corrected chi connectivity index (χ0v) is 10.5. The normalized spacial score (nSPS) is 13.6. The molecular formula is C12H13N3O5. The lowest BCUT2D eigenvalue weighted by molar-refractivity contribution is -0.383. The third-order valence-electron chi connectivity index (χ3n) is 2.74. The van der Waals surface area contributed by atoms with Crippen LogP contribution < -0.4 is 11.1 Å². The predicted molar refractivity (Wildman–Crippen MR) is 69.0 cm³/mol. The summed E-state index contributed by atoms with van der Waals surface area (Å²) in [5, 5.41) is 13.4. The number of carbonyl (C=O) groups excluding carboxylic acids is 2. The summed E-state index contributed by atoms with van der Waals surface area (Å²) >= 11 is 0. The predicted octanol–water partition coefficient (Wildman–Crippen LogP) is 0.612. The van der Waals surface area contributed by atoms with Gasteiger partial charge in [0.15, 0.2) is 6.61 Å². The van der Waals surface area contributed by atoms with Gasteiger partial charge >= 0.3 is 5.97 Å². The molecule has 0 heterocycles. The fourth-order valence-electron chi connectivity index (χ4n) is 1.54. The van der Waals surface area contributed by atoms with Gasteiger partial charge in [-0.25, -0.2) is 4.79 Å². The summed E-state index contributed by atoms with van der Waals surface area (Å²) in [4.78, 5) is 33.0. The Kier molecular flexibility index (Phi) is 3.83. The number of anilines is 1. The molecule has 1 aliphatic carbocycles. The van der Waals surface area contributed by atoms with Crippen LogP contribution >= 0.6 is 0 Å². The van der Waals surface area contributed by atoms with E-state index in [1.807, 2.05) is 0 Å². The Morgan fingerprint density at radius 2 is 2.15 bits per heavy atom. The fourth-order valence-corrected chi connectivity index (χ4v) is 1.54. The van der Waals surface area contributed by atoms with Crippen molar-refractivity contribution in [1.29, 1.82) is 0 Å². The number of esters is 1. The molecule has 0 aromatic heterocycles. The van der Waals surface area contributed by atoms with Crippen molar-refractivity contribution in [3.8, 4) is 0 Å². The number of carbonyl (C=O) groups is 2. The van der Waals surface area contributed by atoms with Crippen LogP contribution in [0.4, 0.5) is 11.4 Å². The maximum atomic E-state index is 11.7. The first kappa shape index (κ1) is 13.8. The van der Waals surface area contributed by atoms with E-state index in [0.717, 1.165) is 18.9 Å². The number of nitro groups is 1. The number of amides is 1. The zero-order valence-electron chi connectivity index (χ0n) is 10.5. The molecule has 3 N–H and O–H groups in total. The Balaban J connectivity index is 1.96. The van der Waals surface area contributed by atoms with Crippen LogP contribution in [0.3, 0.4) is 0 Å². The molecule has 20 heavy (non-hydrogen) atoms. The van der Waals surface area contributed by atoms with Gasteiger partial charge in [-0.05, 0) is 25.0 Å². The number of nitro benzene ring substituents is 1. The topological polar surface area (TPSA) is 125 Å². The van der Waals surface area contributed by atoms with Gasteiger partial charge in [-0.2, -0.15) is 0 Å². The summed E-state index contributed by atoms with van der Waals surface area (Å²) in [5.41, 5.74) is 4.98. The number of rotatable bonds is 5. The SMILES string of the molecule is Nc1ccc(C(=O)OCC(=O)NC2CC2)cc1[N+](=O)[O-]. The van der Waals surface area contributed by atoms with E-state index in [1.54, 1.807) is 0 Å². The van der Waals surface area contributed by atoms with Gasteiger partial charge in [-0.15, -0.1) is 0 Å². The monoisotopic (exact) mass is 279 g/mol. The molecule has 1 aromatic carbocycles. The van der Waals surface area contributed by atoms with E-state index >= 15 is 0 Å². The Morgan fingerprint density at radius 1 is 1.45 bits per heavy atom. The number of benzene rings is 1. The molecular weight excluding hydrogens is 266 g/mol. The molecule has 0 radical (unpaired) electrons. The fraction of sp³-hybridized carbons (Fsp3) is 0.333. The average Bonchev–Trinajstić information content (AvgIpc) is 3.20. The Labute approximate surface area is 114 Å². The van der Waals surface area contributed by atoms with E-state index in [0.29, 0.717) is 0 Å². The van der Waals surface area contributed by atoms with Crippen LogP contribution in [0.5, 0.6) is 0 Å². The van der Waals surface area contributed by atoms with Crippen molar-refractivity contribution in [1.82, 2.24) is 5.32 Å². The minimum Gasteiger partial charge on any atom is -0.452 e. The minimum absolute atomic E-state index is 0.0230. The van der Waals surface area contributed by atoms with E-state index < -0.39 is 17.5 Å². The third-order valence-corrected chi connectivity index (χ3v) is 2.74. The molecule has 2 rings (SSSR count). The summed E-state index contributed by atoms with van der Waals surface area (Å²) in [6, 6.07) is 3.76. The van der Waals surface area contributed by atoms with Gasteiger partial charge < -0.3 is 15.8 Å². The lowest BCUT2D eigenvalue weighted by atomic mass is 10.2. The maximum Gasteiger partial charge on any atom is 0.338 e. The number of hydrogen-bond donors (Lipinski definition) is 2. The first-order valence-electron chi connectivity index (χ1n) is 5.98. The second-order valence-electron chi connectivity index (χ2n) is 4.45. The molecule has 8 heteroatoms. The van der Waals surface area contributed by atoms with Crippen molar-refractivity contribution in [3.05, 3.63) is 33.9 Å². The second-order valence-corrected chi connectivity index (χ2v) is 4.45. The quantitative estimate of drug-likeness (QED) is 0.352. The van der Waals surface area contributed by atoms with Gasteiger partial charge in [0.25, 0.3) is 11.6 Å². The highest BCUT2D eigenvalue weighted by Gasteiger charge is 2.24. The number of nitrogen functional groups attached to an aromatic ring is 1. The summed E-state index contributed by atoms with van der Waals surface area (Å²) in [7, 11) is 0. The largest absolute Gasteiger partial charge is 0.452 e. The van der Waals surface area contributed by atoms with Crippen LogP contribution in [0.15, 0.2) is 18.2 Å². The number of nitrogens with zero attached hydrogens (tertiary/aromatic N) is 1. The highest BCUT2D eigenvalue weighted by Crippen LogP contribution is 2.22. The molecule has 8 nitrogen and oxygen atoms in total. The molecule has 0 spiro atoms. The molecule has 0 saturated heterocycles. The number of hydrogen-bond acceptors (Lipinski definition) is 6. The maximum absolute atomic E-state index is 11.7. The second kappa shape index (κ2) is 5.55. The minimum atomic E-state index is -0.806. The van der Waals surface area contributed by atoms with Crippen molar-refractivity contribution in [3.63, 3.8) is 0 Å². The molecule has 0 unspecified atom stereocenters. The molecule has 0 aliphatic heterocycles. The van der Waals surface area contributed by atoms with Crippen LogP contribution in [0.2, 0.25) is 0 Å². The molecule has 0 bridgehead atoms. The number of nitrogens with one attached hydrogen (secondary N) is 1. The molecule has 1 aliphatic rings. The van der Waals surface area contributed by atoms with Gasteiger partial charge in [0, 0.05) is 12.1 Å². The lowest BCUT2D eigenvalue weighted by Crippen LogP contribution is -2.30. The Bertz CT molecular complexity index is 568. The molecule has 0 atom stereocenters. The van der Waals surface area contributed by atoms with Crippen molar-refractivity contribution in [2.75, 3.05) is 12.3 Å². The van der Waals surface area contributed by atoms with Crippen molar-refractivity contribution < 1.29 is 19.2 Å². The summed E-state index contributed by atoms with van der Waals surface area (Å²) in [5.74, 6) is -1.19. The average molecular weight is 279 g/mol. The van der Waals surface area contributed by atoms with Crippen LogP contribution in [-0.4, -0.2) is 29.4 Å². The van der Waals surface area contributed by atoms with Crippen molar-refractivity contribution >= 4 is 23.3 Å².